The number of aromatic amines is 1. The summed E-state index contributed by atoms with van der Waals surface area (Å²) in [5.74, 6) is -0.684. The highest BCUT2D eigenvalue weighted by Crippen LogP contribution is 2.23. The molecule has 2 heterocycles. The van der Waals surface area contributed by atoms with Crippen LogP contribution in [0.4, 0.5) is 5.69 Å². The van der Waals surface area contributed by atoms with E-state index in [0.29, 0.717) is 31.0 Å². The molecular weight excluding hydrogens is 248 g/mol. The van der Waals surface area contributed by atoms with Gasteiger partial charge in [-0.25, -0.2) is 4.79 Å². The largest absolute Gasteiger partial charge is 0.464 e. The molecule has 1 fully saturated rings. The van der Waals surface area contributed by atoms with Crippen LogP contribution in [0.5, 0.6) is 0 Å². The smallest absolute Gasteiger partial charge is 0.328 e. The van der Waals surface area contributed by atoms with Gasteiger partial charge in [0.2, 0.25) is 0 Å². The molecule has 1 atom stereocenters. The van der Waals surface area contributed by atoms with Crippen LogP contribution in [-0.4, -0.2) is 46.2 Å². The highest BCUT2D eigenvalue weighted by molar-refractivity contribution is 5.99. The Kier molecular flexibility index (Phi) is 3.73. The van der Waals surface area contributed by atoms with Gasteiger partial charge in [-0.15, -0.1) is 0 Å². The second-order valence-corrected chi connectivity index (χ2v) is 4.52. The van der Waals surface area contributed by atoms with E-state index in [1.807, 2.05) is 0 Å². The van der Waals surface area contributed by atoms with Crippen LogP contribution in [0, 0.1) is 6.92 Å². The van der Waals surface area contributed by atoms with Crippen LogP contribution in [0.15, 0.2) is 0 Å². The summed E-state index contributed by atoms with van der Waals surface area (Å²) >= 11 is 0. The first-order chi connectivity index (χ1) is 9.06. The van der Waals surface area contributed by atoms with Crippen molar-refractivity contribution in [3.63, 3.8) is 0 Å². The molecule has 7 nitrogen and oxygen atoms in total. The Morgan fingerprint density at radius 2 is 2.32 bits per heavy atom. The van der Waals surface area contributed by atoms with Gasteiger partial charge >= 0.3 is 5.97 Å². The fraction of sp³-hybridized carbons (Fsp3) is 0.583. The molecular formula is C12H18N4O3. The van der Waals surface area contributed by atoms with Crippen molar-refractivity contribution in [1.29, 1.82) is 0 Å². The third-order valence-electron chi connectivity index (χ3n) is 3.27. The van der Waals surface area contributed by atoms with Crippen molar-refractivity contribution < 1.29 is 14.3 Å². The molecule has 1 aromatic rings. The zero-order valence-corrected chi connectivity index (χ0v) is 11.1. The Morgan fingerprint density at radius 1 is 1.58 bits per heavy atom. The summed E-state index contributed by atoms with van der Waals surface area (Å²) in [7, 11) is 0. The number of nitrogens with zero attached hydrogens (tertiary/aromatic N) is 2. The monoisotopic (exact) mass is 266 g/mol. The van der Waals surface area contributed by atoms with Crippen molar-refractivity contribution in [3.8, 4) is 0 Å². The van der Waals surface area contributed by atoms with E-state index in [-0.39, 0.29) is 17.6 Å². The average molecular weight is 266 g/mol. The predicted molar refractivity (Wildman–Crippen MR) is 68.4 cm³/mol. The number of anilines is 1. The van der Waals surface area contributed by atoms with Crippen molar-refractivity contribution in [2.75, 3.05) is 18.9 Å². The van der Waals surface area contributed by atoms with E-state index in [1.54, 1.807) is 13.8 Å². The van der Waals surface area contributed by atoms with Gasteiger partial charge in [0, 0.05) is 6.54 Å². The molecule has 1 aliphatic rings. The lowest BCUT2D eigenvalue weighted by Gasteiger charge is -2.22. The molecule has 0 bridgehead atoms. The fourth-order valence-electron chi connectivity index (χ4n) is 2.23. The highest BCUT2D eigenvalue weighted by Gasteiger charge is 2.37. The number of ether oxygens (including phenoxy) is 1. The Bertz CT molecular complexity index is 497. The first-order valence-corrected chi connectivity index (χ1v) is 6.34. The number of nitrogens with two attached hydrogens (primary N) is 1. The van der Waals surface area contributed by atoms with Crippen LogP contribution < -0.4 is 5.73 Å². The topological polar surface area (TPSA) is 101 Å². The third-order valence-corrected chi connectivity index (χ3v) is 3.27. The first-order valence-electron chi connectivity index (χ1n) is 6.34. The number of hydrogen-bond donors (Lipinski definition) is 2. The van der Waals surface area contributed by atoms with Gasteiger partial charge in [-0.1, -0.05) is 0 Å². The standard InChI is InChI=1S/C12H18N4O3/c1-3-19-12(18)8-5-4-6-16(8)11(17)10-9(13)7(2)14-15-10/h8H,3-6,13H2,1-2H3,(H,14,15). The van der Waals surface area contributed by atoms with Crippen LogP contribution in [0.25, 0.3) is 0 Å². The molecule has 0 aromatic carbocycles. The number of aryl methyl sites for hydroxylation is 1. The summed E-state index contributed by atoms with van der Waals surface area (Å²) < 4.78 is 4.99. The molecule has 7 heteroatoms. The van der Waals surface area contributed by atoms with E-state index >= 15 is 0 Å². The van der Waals surface area contributed by atoms with Crippen LogP contribution >= 0.6 is 0 Å². The van der Waals surface area contributed by atoms with E-state index in [1.165, 1.54) is 4.90 Å². The van der Waals surface area contributed by atoms with Gasteiger partial charge in [0.15, 0.2) is 5.69 Å². The summed E-state index contributed by atoms with van der Waals surface area (Å²) in [5.41, 5.74) is 6.95. The van der Waals surface area contributed by atoms with Crippen molar-refractivity contribution in [2.45, 2.75) is 32.7 Å². The molecule has 1 saturated heterocycles. The van der Waals surface area contributed by atoms with Crippen molar-refractivity contribution in [2.24, 2.45) is 0 Å². The van der Waals surface area contributed by atoms with E-state index in [2.05, 4.69) is 10.2 Å². The number of amides is 1. The molecule has 0 aliphatic carbocycles. The maximum absolute atomic E-state index is 12.4. The maximum atomic E-state index is 12.4. The normalized spacial score (nSPS) is 18.6. The predicted octanol–water partition coefficient (Wildman–Crippen LogP) is 0.468. The molecule has 1 aromatic heterocycles. The third kappa shape index (κ3) is 2.40. The van der Waals surface area contributed by atoms with Crippen LogP contribution in [0.1, 0.15) is 35.9 Å². The molecule has 1 aliphatic heterocycles. The minimum Gasteiger partial charge on any atom is -0.464 e. The number of esters is 1. The summed E-state index contributed by atoms with van der Waals surface area (Å²) in [6, 6.07) is -0.524. The minimum absolute atomic E-state index is 0.175. The number of carbonyl (C=O) groups is 2. The first kappa shape index (κ1) is 13.4. The van der Waals surface area contributed by atoms with Gasteiger partial charge in [-0.2, -0.15) is 5.10 Å². The van der Waals surface area contributed by atoms with Crippen LogP contribution in [0.3, 0.4) is 0 Å². The highest BCUT2D eigenvalue weighted by atomic mass is 16.5. The zero-order valence-electron chi connectivity index (χ0n) is 11.1. The molecule has 0 radical (unpaired) electrons. The summed E-state index contributed by atoms with van der Waals surface area (Å²) in [6.45, 7) is 4.31. The Balaban J connectivity index is 2.18. The average Bonchev–Trinajstić information content (AvgIpc) is 2.98. The lowest BCUT2D eigenvalue weighted by molar-refractivity contribution is -0.147. The fourth-order valence-corrected chi connectivity index (χ4v) is 2.23. The zero-order chi connectivity index (χ0) is 14.0. The minimum atomic E-state index is -0.524. The van der Waals surface area contributed by atoms with E-state index in [0.717, 1.165) is 6.42 Å². The number of carbonyl (C=O) groups excluding carboxylic acids is 2. The van der Waals surface area contributed by atoms with Gasteiger partial charge in [0.25, 0.3) is 5.91 Å². The van der Waals surface area contributed by atoms with Crippen molar-refractivity contribution >= 4 is 17.6 Å². The van der Waals surface area contributed by atoms with Gasteiger partial charge in [0.1, 0.15) is 6.04 Å². The second-order valence-electron chi connectivity index (χ2n) is 4.52. The molecule has 19 heavy (non-hydrogen) atoms. The summed E-state index contributed by atoms with van der Waals surface area (Å²) in [5, 5.41) is 6.58. The Morgan fingerprint density at radius 3 is 2.89 bits per heavy atom. The number of nitrogen functional groups attached to an aromatic ring is 1. The van der Waals surface area contributed by atoms with E-state index in [9.17, 15) is 9.59 Å². The summed E-state index contributed by atoms with van der Waals surface area (Å²) in [4.78, 5) is 25.7. The number of aromatic nitrogens is 2. The molecule has 0 saturated carbocycles. The van der Waals surface area contributed by atoms with Gasteiger partial charge < -0.3 is 15.4 Å². The molecule has 1 unspecified atom stereocenters. The number of hydrogen-bond acceptors (Lipinski definition) is 5. The summed E-state index contributed by atoms with van der Waals surface area (Å²) in [6.07, 6.45) is 1.40. The number of rotatable bonds is 3. The lowest BCUT2D eigenvalue weighted by atomic mass is 10.2. The van der Waals surface area contributed by atoms with E-state index < -0.39 is 6.04 Å². The van der Waals surface area contributed by atoms with Crippen LogP contribution in [-0.2, 0) is 9.53 Å². The number of likely N-dealkylation sites (tertiary alicyclic amines) is 1. The van der Waals surface area contributed by atoms with Gasteiger partial charge in [-0.3, -0.25) is 9.89 Å². The van der Waals surface area contributed by atoms with Gasteiger partial charge in [0.05, 0.1) is 18.0 Å². The molecule has 0 spiro atoms. The Hall–Kier alpha value is -2.05. The Labute approximate surface area is 111 Å². The number of nitrogens with one attached hydrogen (secondary N) is 1. The van der Waals surface area contributed by atoms with Crippen molar-refractivity contribution in [3.05, 3.63) is 11.4 Å². The second kappa shape index (κ2) is 5.29. The maximum Gasteiger partial charge on any atom is 0.328 e. The quantitative estimate of drug-likeness (QED) is 0.774. The molecule has 1 amide bonds. The van der Waals surface area contributed by atoms with Gasteiger partial charge in [-0.05, 0) is 26.7 Å². The molecule has 104 valence electrons. The van der Waals surface area contributed by atoms with Crippen molar-refractivity contribution in [1.82, 2.24) is 15.1 Å². The SMILES string of the molecule is CCOC(=O)C1CCCN1C(=O)c1n[nH]c(C)c1N. The molecule has 2 rings (SSSR count). The lowest BCUT2D eigenvalue weighted by Crippen LogP contribution is -2.41. The van der Waals surface area contributed by atoms with Crippen LogP contribution in [0.2, 0.25) is 0 Å². The molecule has 3 N–H and O–H groups in total. The number of H-pyrrole nitrogens is 1. The van der Waals surface area contributed by atoms with E-state index in [4.69, 9.17) is 10.5 Å².